The van der Waals surface area contributed by atoms with Crippen molar-refractivity contribution in [1.29, 1.82) is 0 Å². The highest BCUT2D eigenvalue weighted by Gasteiger charge is 2.38. The van der Waals surface area contributed by atoms with E-state index < -0.39 is 0 Å². The summed E-state index contributed by atoms with van der Waals surface area (Å²) in [5.41, 5.74) is 1.22. The Labute approximate surface area is 83.1 Å². The maximum Gasteiger partial charge on any atom is 0.251 e. The molecule has 0 aliphatic carbocycles. The lowest BCUT2D eigenvalue weighted by molar-refractivity contribution is -0.145. The molecule has 0 radical (unpaired) electrons. The first kappa shape index (κ1) is 9.21. The molecule has 0 saturated carbocycles. The van der Waals surface area contributed by atoms with E-state index in [1.165, 1.54) is 5.56 Å². The minimum absolute atomic E-state index is 0.00608. The second-order valence-electron chi connectivity index (χ2n) is 3.46. The van der Waals surface area contributed by atoms with Crippen molar-refractivity contribution in [3.63, 3.8) is 0 Å². The zero-order chi connectivity index (χ0) is 9.97. The molecule has 1 aliphatic rings. The van der Waals surface area contributed by atoms with Crippen molar-refractivity contribution >= 4 is 5.91 Å². The Morgan fingerprint density at radius 2 is 2.07 bits per heavy atom. The Bertz CT molecular complexity index is 323. The SMILES string of the molecule is CO[C@@H]1C(=O)N[C@H]1Cc1ccccc1. The van der Waals surface area contributed by atoms with Crippen LogP contribution in [0.5, 0.6) is 0 Å². The van der Waals surface area contributed by atoms with Gasteiger partial charge in [0.05, 0.1) is 6.04 Å². The van der Waals surface area contributed by atoms with Crippen LogP contribution in [0.3, 0.4) is 0 Å². The molecule has 0 bridgehead atoms. The van der Waals surface area contributed by atoms with Crippen molar-refractivity contribution in [2.45, 2.75) is 18.6 Å². The average Bonchev–Trinajstić information content (AvgIpc) is 2.19. The van der Waals surface area contributed by atoms with Crippen molar-refractivity contribution in [3.8, 4) is 0 Å². The van der Waals surface area contributed by atoms with Crippen LogP contribution >= 0.6 is 0 Å². The molecule has 0 unspecified atom stereocenters. The zero-order valence-corrected chi connectivity index (χ0v) is 8.07. The number of carbonyl (C=O) groups excluding carboxylic acids is 1. The number of methoxy groups -OCH3 is 1. The fraction of sp³-hybridized carbons (Fsp3) is 0.364. The van der Waals surface area contributed by atoms with E-state index >= 15 is 0 Å². The Morgan fingerprint density at radius 3 is 2.64 bits per heavy atom. The highest BCUT2D eigenvalue weighted by molar-refractivity contribution is 5.88. The first-order valence-electron chi connectivity index (χ1n) is 4.68. The van der Waals surface area contributed by atoms with Crippen molar-refractivity contribution in [2.75, 3.05) is 7.11 Å². The molecular weight excluding hydrogens is 178 g/mol. The minimum Gasteiger partial charge on any atom is -0.369 e. The standard InChI is InChI=1S/C11H13NO2/c1-14-10-9(12-11(10)13)7-8-5-3-2-4-6-8/h2-6,9-10H,7H2,1H3,(H,12,13)/t9-,10-/m0/s1. The highest BCUT2D eigenvalue weighted by atomic mass is 16.5. The Balaban J connectivity index is 1.97. The highest BCUT2D eigenvalue weighted by Crippen LogP contribution is 2.15. The van der Waals surface area contributed by atoms with Gasteiger partial charge in [-0.15, -0.1) is 0 Å². The molecule has 3 nitrogen and oxygen atoms in total. The Morgan fingerprint density at radius 1 is 1.36 bits per heavy atom. The van der Waals surface area contributed by atoms with Gasteiger partial charge in [-0.05, 0) is 12.0 Å². The summed E-state index contributed by atoms with van der Waals surface area (Å²) >= 11 is 0. The predicted molar refractivity (Wildman–Crippen MR) is 52.9 cm³/mol. The van der Waals surface area contributed by atoms with Gasteiger partial charge in [0.1, 0.15) is 0 Å². The maximum absolute atomic E-state index is 11.0. The summed E-state index contributed by atoms with van der Waals surface area (Å²) < 4.78 is 5.07. The molecule has 1 amide bonds. The van der Waals surface area contributed by atoms with Gasteiger partial charge in [0.15, 0.2) is 6.10 Å². The molecule has 1 saturated heterocycles. The lowest BCUT2D eigenvalue weighted by Crippen LogP contribution is -2.63. The van der Waals surface area contributed by atoms with Crippen LogP contribution in [0.25, 0.3) is 0 Å². The van der Waals surface area contributed by atoms with Crippen molar-refractivity contribution in [2.24, 2.45) is 0 Å². The molecule has 0 spiro atoms. The maximum atomic E-state index is 11.0. The van der Waals surface area contributed by atoms with Gasteiger partial charge in [-0.1, -0.05) is 30.3 Å². The number of hydrogen-bond acceptors (Lipinski definition) is 2. The van der Waals surface area contributed by atoms with Gasteiger partial charge in [0.25, 0.3) is 5.91 Å². The third kappa shape index (κ3) is 1.63. The Hall–Kier alpha value is -1.35. The van der Waals surface area contributed by atoms with E-state index in [1.807, 2.05) is 18.2 Å². The lowest BCUT2D eigenvalue weighted by Gasteiger charge is -2.35. The molecule has 1 aromatic carbocycles. The predicted octanol–water partition coefficient (Wildman–Crippen LogP) is 0.742. The number of amides is 1. The second kappa shape index (κ2) is 3.80. The van der Waals surface area contributed by atoms with Crippen molar-refractivity contribution in [1.82, 2.24) is 5.32 Å². The largest absolute Gasteiger partial charge is 0.369 e. The van der Waals surface area contributed by atoms with E-state index in [0.717, 1.165) is 6.42 Å². The lowest BCUT2D eigenvalue weighted by atomic mass is 9.94. The van der Waals surface area contributed by atoms with Gasteiger partial charge in [-0.2, -0.15) is 0 Å². The molecule has 1 aromatic rings. The molecule has 14 heavy (non-hydrogen) atoms. The van der Waals surface area contributed by atoms with Crippen LogP contribution in [0.1, 0.15) is 5.56 Å². The minimum atomic E-state index is -0.268. The number of β-lactam (4-membered cyclic amide) rings is 1. The van der Waals surface area contributed by atoms with Crippen LogP contribution in [0.15, 0.2) is 30.3 Å². The monoisotopic (exact) mass is 191 g/mol. The molecule has 1 aliphatic heterocycles. The molecular formula is C11H13NO2. The number of benzene rings is 1. The fourth-order valence-corrected chi connectivity index (χ4v) is 1.72. The zero-order valence-electron chi connectivity index (χ0n) is 8.07. The van der Waals surface area contributed by atoms with Gasteiger partial charge < -0.3 is 10.1 Å². The summed E-state index contributed by atoms with van der Waals surface area (Å²) in [5, 5.41) is 2.83. The first-order valence-corrected chi connectivity index (χ1v) is 4.68. The van der Waals surface area contributed by atoms with Crippen LogP contribution in [-0.2, 0) is 16.0 Å². The summed E-state index contributed by atoms with van der Waals surface area (Å²) in [5.74, 6) is -0.00608. The van der Waals surface area contributed by atoms with Gasteiger partial charge in [0.2, 0.25) is 0 Å². The summed E-state index contributed by atoms with van der Waals surface area (Å²) in [4.78, 5) is 11.0. The van der Waals surface area contributed by atoms with E-state index in [1.54, 1.807) is 7.11 Å². The van der Waals surface area contributed by atoms with Crippen LogP contribution in [-0.4, -0.2) is 25.2 Å². The number of hydrogen-bond donors (Lipinski definition) is 1. The van der Waals surface area contributed by atoms with Gasteiger partial charge in [0, 0.05) is 7.11 Å². The van der Waals surface area contributed by atoms with Gasteiger partial charge in [-0.25, -0.2) is 0 Å². The van der Waals surface area contributed by atoms with Gasteiger partial charge >= 0.3 is 0 Å². The molecule has 2 rings (SSSR count). The summed E-state index contributed by atoms with van der Waals surface area (Å²) in [7, 11) is 1.57. The third-order valence-corrected chi connectivity index (χ3v) is 2.50. The van der Waals surface area contributed by atoms with Crippen LogP contribution in [0.2, 0.25) is 0 Å². The molecule has 1 N–H and O–H groups in total. The van der Waals surface area contributed by atoms with E-state index in [2.05, 4.69) is 17.4 Å². The number of nitrogens with one attached hydrogen (secondary N) is 1. The van der Waals surface area contributed by atoms with Crippen LogP contribution in [0, 0.1) is 0 Å². The van der Waals surface area contributed by atoms with E-state index in [4.69, 9.17) is 4.74 Å². The second-order valence-corrected chi connectivity index (χ2v) is 3.46. The smallest absolute Gasteiger partial charge is 0.251 e. The molecule has 74 valence electrons. The van der Waals surface area contributed by atoms with E-state index in [-0.39, 0.29) is 18.1 Å². The van der Waals surface area contributed by atoms with Crippen LogP contribution in [0.4, 0.5) is 0 Å². The molecule has 2 atom stereocenters. The summed E-state index contributed by atoms with van der Waals surface area (Å²) in [6, 6.07) is 10.2. The fourth-order valence-electron chi connectivity index (χ4n) is 1.72. The molecule has 1 fully saturated rings. The normalized spacial score (nSPS) is 25.4. The number of rotatable bonds is 3. The Kier molecular flexibility index (Phi) is 2.50. The van der Waals surface area contributed by atoms with Crippen molar-refractivity contribution in [3.05, 3.63) is 35.9 Å². The third-order valence-electron chi connectivity index (χ3n) is 2.50. The van der Waals surface area contributed by atoms with E-state index in [9.17, 15) is 4.79 Å². The summed E-state index contributed by atoms with van der Waals surface area (Å²) in [6.45, 7) is 0. The molecule has 1 heterocycles. The quantitative estimate of drug-likeness (QED) is 0.716. The number of ether oxygens (including phenoxy) is 1. The number of carbonyl (C=O) groups is 1. The average molecular weight is 191 g/mol. The van der Waals surface area contributed by atoms with E-state index in [0.29, 0.717) is 0 Å². The van der Waals surface area contributed by atoms with Crippen LogP contribution < -0.4 is 5.32 Å². The molecule has 0 aromatic heterocycles. The molecule has 3 heteroatoms. The van der Waals surface area contributed by atoms with Gasteiger partial charge in [-0.3, -0.25) is 4.79 Å². The topological polar surface area (TPSA) is 38.3 Å². The first-order chi connectivity index (χ1) is 6.81. The van der Waals surface area contributed by atoms with Crippen molar-refractivity contribution < 1.29 is 9.53 Å². The summed E-state index contributed by atoms with van der Waals surface area (Å²) in [6.07, 6.45) is 0.570.